The molecule has 1 aromatic carbocycles. The molecule has 0 saturated heterocycles. The summed E-state index contributed by atoms with van der Waals surface area (Å²) in [4.78, 5) is 4.46. The van der Waals surface area contributed by atoms with Gasteiger partial charge in [-0.1, -0.05) is 26.0 Å². The second-order valence-electron chi connectivity index (χ2n) is 4.35. The van der Waals surface area contributed by atoms with E-state index in [1.807, 2.05) is 18.3 Å². The van der Waals surface area contributed by atoms with Crippen LogP contribution in [0.15, 0.2) is 41.1 Å². The molecule has 94 valence electrons. The minimum atomic E-state index is 0.427. The van der Waals surface area contributed by atoms with Crippen molar-refractivity contribution in [3.05, 3.63) is 42.4 Å². The predicted molar refractivity (Wildman–Crippen MR) is 73.7 cm³/mol. The summed E-state index contributed by atoms with van der Waals surface area (Å²) >= 11 is 0. The van der Waals surface area contributed by atoms with Gasteiger partial charge in [0.2, 0.25) is 0 Å². The molecule has 3 nitrogen and oxygen atoms in total. The molecule has 0 bridgehead atoms. The lowest BCUT2D eigenvalue weighted by Gasteiger charge is -2.08. The third kappa shape index (κ3) is 1.97. The minimum Gasteiger partial charge on any atom is -0.464 e. The van der Waals surface area contributed by atoms with Crippen molar-refractivity contribution in [3.8, 4) is 0 Å². The third-order valence-electron chi connectivity index (χ3n) is 2.94. The second-order valence-corrected chi connectivity index (χ2v) is 4.35. The molecule has 0 unspecified atom stereocenters. The molecule has 0 aliphatic rings. The van der Waals surface area contributed by atoms with Gasteiger partial charge in [0.05, 0.1) is 12.0 Å². The first-order valence-corrected chi connectivity index (χ1v) is 5.97. The monoisotopic (exact) mass is 243 g/mol. The number of hydrogen-bond donors (Lipinski definition) is 1. The Morgan fingerprint density at radius 2 is 1.83 bits per heavy atom. The van der Waals surface area contributed by atoms with E-state index in [2.05, 4.69) is 31.0 Å². The molecule has 0 atom stereocenters. The van der Waals surface area contributed by atoms with Crippen LogP contribution in [0.1, 0.15) is 25.5 Å². The van der Waals surface area contributed by atoms with Crippen LogP contribution in [-0.4, -0.2) is 17.2 Å². The minimum absolute atomic E-state index is 0.427. The molecule has 2 heterocycles. The van der Waals surface area contributed by atoms with Gasteiger partial charge in [0.1, 0.15) is 5.58 Å². The van der Waals surface area contributed by atoms with Crippen molar-refractivity contribution in [1.29, 1.82) is 0 Å². The lowest BCUT2D eigenvalue weighted by atomic mass is 10.0. The standard InChI is InChI=1S/C14H13NO.CH4O/c1-9(2)13-11-4-3-10-6-8-16-14(10)12(11)5-7-15-13;1-2/h3-9H,1-2H3;2H,1H3. The van der Waals surface area contributed by atoms with Crippen LogP contribution in [-0.2, 0) is 0 Å². The summed E-state index contributed by atoms with van der Waals surface area (Å²) in [5.41, 5.74) is 2.10. The number of aliphatic hydroxyl groups is 1. The van der Waals surface area contributed by atoms with Gasteiger partial charge in [-0.25, -0.2) is 0 Å². The third-order valence-corrected chi connectivity index (χ3v) is 2.94. The number of fused-ring (bicyclic) bond motifs is 3. The largest absolute Gasteiger partial charge is 0.464 e. The summed E-state index contributed by atoms with van der Waals surface area (Å²) < 4.78 is 5.54. The molecular formula is C15H17NO2. The molecule has 0 radical (unpaired) electrons. The van der Waals surface area contributed by atoms with Crippen LogP contribution in [0.25, 0.3) is 21.7 Å². The van der Waals surface area contributed by atoms with E-state index >= 15 is 0 Å². The second kappa shape index (κ2) is 5.19. The molecule has 2 aromatic heterocycles. The van der Waals surface area contributed by atoms with Crippen LogP contribution in [0.5, 0.6) is 0 Å². The van der Waals surface area contributed by atoms with Gasteiger partial charge in [0, 0.05) is 29.5 Å². The number of pyridine rings is 1. The van der Waals surface area contributed by atoms with Crippen molar-refractivity contribution in [3.63, 3.8) is 0 Å². The van der Waals surface area contributed by atoms with E-state index in [-0.39, 0.29) is 0 Å². The van der Waals surface area contributed by atoms with E-state index in [1.165, 1.54) is 5.39 Å². The maximum absolute atomic E-state index is 7.00. The van der Waals surface area contributed by atoms with Crippen LogP contribution in [0.4, 0.5) is 0 Å². The zero-order valence-corrected chi connectivity index (χ0v) is 10.8. The molecule has 0 fully saturated rings. The molecule has 0 saturated carbocycles. The molecule has 3 heteroatoms. The lowest BCUT2D eigenvalue weighted by Crippen LogP contribution is -1.93. The van der Waals surface area contributed by atoms with Gasteiger partial charge in [0.15, 0.2) is 0 Å². The molecule has 3 rings (SSSR count). The van der Waals surface area contributed by atoms with E-state index in [0.717, 1.165) is 29.2 Å². The lowest BCUT2D eigenvalue weighted by molar-refractivity contribution is 0.399. The van der Waals surface area contributed by atoms with Crippen LogP contribution in [0.3, 0.4) is 0 Å². The first-order chi connectivity index (χ1) is 8.77. The van der Waals surface area contributed by atoms with E-state index in [4.69, 9.17) is 9.52 Å². The number of furan rings is 1. The highest BCUT2D eigenvalue weighted by Crippen LogP contribution is 2.29. The Bertz CT molecular complexity index is 656. The summed E-state index contributed by atoms with van der Waals surface area (Å²) in [5.74, 6) is 0.427. The highest BCUT2D eigenvalue weighted by molar-refractivity contribution is 6.04. The van der Waals surface area contributed by atoms with Crippen molar-refractivity contribution in [2.75, 3.05) is 7.11 Å². The first kappa shape index (κ1) is 12.6. The number of benzene rings is 1. The Morgan fingerprint density at radius 1 is 1.06 bits per heavy atom. The molecule has 18 heavy (non-hydrogen) atoms. The van der Waals surface area contributed by atoms with Crippen LogP contribution in [0, 0.1) is 0 Å². The normalized spacial score (nSPS) is 10.7. The van der Waals surface area contributed by atoms with E-state index < -0.39 is 0 Å². The first-order valence-electron chi connectivity index (χ1n) is 5.97. The fraction of sp³-hybridized carbons (Fsp3) is 0.267. The average molecular weight is 243 g/mol. The van der Waals surface area contributed by atoms with Crippen LogP contribution in [0.2, 0.25) is 0 Å². The Morgan fingerprint density at radius 3 is 2.56 bits per heavy atom. The van der Waals surface area contributed by atoms with E-state index in [9.17, 15) is 0 Å². The molecule has 3 aromatic rings. The average Bonchev–Trinajstić information content (AvgIpc) is 2.88. The fourth-order valence-corrected chi connectivity index (χ4v) is 2.17. The molecule has 0 amide bonds. The van der Waals surface area contributed by atoms with Gasteiger partial charge in [0.25, 0.3) is 0 Å². The zero-order chi connectivity index (χ0) is 13.1. The SMILES string of the molecule is CC(C)c1nccc2c1ccc1ccoc12.CO. The number of nitrogens with zero attached hydrogens (tertiary/aromatic N) is 1. The van der Waals surface area contributed by atoms with Gasteiger partial charge >= 0.3 is 0 Å². The summed E-state index contributed by atoms with van der Waals surface area (Å²) in [7, 11) is 1.00. The van der Waals surface area contributed by atoms with E-state index in [1.54, 1.807) is 6.26 Å². The number of rotatable bonds is 1. The number of aromatic nitrogens is 1. The van der Waals surface area contributed by atoms with Crippen LogP contribution >= 0.6 is 0 Å². The van der Waals surface area contributed by atoms with Crippen molar-refractivity contribution >= 4 is 21.7 Å². The van der Waals surface area contributed by atoms with Crippen molar-refractivity contribution in [2.45, 2.75) is 19.8 Å². The molecular weight excluding hydrogens is 226 g/mol. The number of aliphatic hydroxyl groups excluding tert-OH is 1. The maximum Gasteiger partial charge on any atom is 0.141 e. The maximum atomic E-state index is 7.00. The van der Waals surface area contributed by atoms with Crippen LogP contribution < -0.4 is 0 Å². The Hall–Kier alpha value is -1.87. The summed E-state index contributed by atoms with van der Waals surface area (Å²) in [5, 5.41) is 10.5. The summed E-state index contributed by atoms with van der Waals surface area (Å²) in [6.45, 7) is 4.32. The Kier molecular flexibility index (Phi) is 3.63. The van der Waals surface area contributed by atoms with E-state index in [0.29, 0.717) is 5.92 Å². The molecule has 0 aliphatic heterocycles. The molecule has 1 N–H and O–H groups in total. The van der Waals surface area contributed by atoms with Gasteiger partial charge in [-0.05, 0) is 18.1 Å². The Balaban J connectivity index is 0.000000574. The van der Waals surface area contributed by atoms with Gasteiger partial charge in [-0.2, -0.15) is 0 Å². The molecule has 0 aliphatic carbocycles. The van der Waals surface area contributed by atoms with Gasteiger partial charge < -0.3 is 9.52 Å². The molecule has 0 spiro atoms. The summed E-state index contributed by atoms with van der Waals surface area (Å²) in [6.07, 6.45) is 3.60. The quantitative estimate of drug-likeness (QED) is 0.708. The highest BCUT2D eigenvalue weighted by Gasteiger charge is 2.09. The smallest absolute Gasteiger partial charge is 0.141 e. The number of hydrogen-bond acceptors (Lipinski definition) is 3. The van der Waals surface area contributed by atoms with Crippen molar-refractivity contribution in [1.82, 2.24) is 4.98 Å². The highest BCUT2D eigenvalue weighted by atomic mass is 16.3. The van der Waals surface area contributed by atoms with Gasteiger partial charge in [-0.3, -0.25) is 4.98 Å². The predicted octanol–water partition coefficient (Wildman–Crippen LogP) is 3.71. The summed E-state index contributed by atoms with van der Waals surface area (Å²) in [6, 6.07) is 8.24. The Labute approximate surface area is 106 Å². The van der Waals surface area contributed by atoms with Crippen molar-refractivity contribution in [2.24, 2.45) is 0 Å². The zero-order valence-electron chi connectivity index (χ0n) is 10.8. The van der Waals surface area contributed by atoms with Gasteiger partial charge in [-0.15, -0.1) is 0 Å². The fourth-order valence-electron chi connectivity index (χ4n) is 2.17. The van der Waals surface area contributed by atoms with Crippen molar-refractivity contribution < 1.29 is 9.52 Å². The topological polar surface area (TPSA) is 46.3 Å².